The number of halogens is 1. The second kappa shape index (κ2) is 7.04. The van der Waals surface area contributed by atoms with Gasteiger partial charge in [-0.2, -0.15) is 0 Å². The van der Waals surface area contributed by atoms with Crippen LogP contribution in [0, 0.1) is 5.92 Å². The predicted octanol–water partition coefficient (Wildman–Crippen LogP) is 2.64. The summed E-state index contributed by atoms with van der Waals surface area (Å²) >= 11 is 5.93. The molecule has 0 saturated carbocycles. The Morgan fingerprint density at radius 3 is 2.79 bits per heavy atom. The Bertz CT molecular complexity index is 407. The fourth-order valence-electron chi connectivity index (χ4n) is 2.84. The number of likely N-dealkylation sites (tertiary alicyclic amines) is 1. The van der Waals surface area contributed by atoms with Crippen LogP contribution in [0.25, 0.3) is 0 Å². The van der Waals surface area contributed by atoms with Crippen molar-refractivity contribution in [1.82, 2.24) is 4.90 Å². The summed E-state index contributed by atoms with van der Waals surface area (Å²) in [5, 5.41) is 0.729. The molecule has 1 heterocycles. The van der Waals surface area contributed by atoms with Crippen LogP contribution in [0.15, 0.2) is 24.3 Å². The van der Waals surface area contributed by atoms with Crippen molar-refractivity contribution in [2.45, 2.75) is 25.3 Å². The number of benzene rings is 1. The summed E-state index contributed by atoms with van der Waals surface area (Å²) < 4.78 is 0. The Kier molecular flexibility index (Phi) is 5.37. The summed E-state index contributed by atoms with van der Waals surface area (Å²) in [6.45, 7) is 2.75. The van der Waals surface area contributed by atoms with Crippen LogP contribution in [0.5, 0.6) is 0 Å². The molecule has 3 nitrogen and oxygen atoms in total. The lowest BCUT2D eigenvalue weighted by Gasteiger charge is -2.37. The van der Waals surface area contributed by atoms with E-state index in [9.17, 15) is 4.79 Å². The fourth-order valence-corrected chi connectivity index (χ4v) is 2.97. The molecule has 104 valence electrons. The molecule has 1 saturated heterocycles. The highest BCUT2D eigenvalue weighted by atomic mass is 35.5. The molecule has 0 radical (unpaired) electrons. The monoisotopic (exact) mass is 280 g/mol. The lowest BCUT2D eigenvalue weighted by atomic mass is 9.94. The van der Waals surface area contributed by atoms with Gasteiger partial charge >= 0.3 is 0 Å². The molecule has 1 aromatic carbocycles. The van der Waals surface area contributed by atoms with Gasteiger partial charge in [0.1, 0.15) is 6.29 Å². The van der Waals surface area contributed by atoms with E-state index < -0.39 is 0 Å². The number of piperidine rings is 1. The molecule has 2 atom stereocenters. The van der Waals surface area contributed by atoms with Gasteiger partial charge in [-0.15, -0.1) is 0 Å². The van der Waals surface area contributed by atoms with E-state index in [2.05, 4.69) is 4.90 Å². The van der Waals surface area contributed by atoms with E-state index in [4.69, 9.17) is 17.3 Å². The van der Waals surface area contributed by atoms with Gasteiger partial charge in [0.15, 0.2) is 0 Å². The molecule has 4 heteroatoms. The maximum Gasteiger partial charge on any atom is 0.121 e. The standard InChI is InChI=1S/C15H21ClN2O/c16-14-5-3-13(4-6-14)15(7-9-19)18-8-1-2-12(10-17)11-18/h3-6,9,12,15H,1-2,7-8,10-11,17H2. The van der Waals surface area contributed by atoms with Crippen LogP contribution in [0.4, 0.5) is 0 Å². The van der Waals surface area contributed by atoms with Gasteiger partial charge in [0.25, 0.3) is 0 Å². The minimum Gasteiger partial charge on any atom is -0.330 e. The van der Waals surface area contributed by atoms with Gasteiger partial charge in [0, 0.05) is 24.0 Å². The SMILES string of the molecule is NCC1CCCN(C(CC=O)c2ccc(Cl)cc2)C1. The summed E-state index contributed by atoms with van der Waals surface area (Å²) in [6.07, 6.45) is 3.89. The molecule has 0 bridgehead atoms. The smallest absolute Gasteiger partial charge is 0.121 e. The lowest BCUT2D eigenvalue weighted by molar-refractivity contribution is -0.109. The largest absolute Gasteiger partial charge is 0.330 e. The number of hydrogen-bond donors (Lipinski definition) is 1. The molecule has 1 aliphatic heterocycles. The molecule has 2 N–H and O–H groups in total. The highest BCUT2D eigenvalue weighted by molar-refractivity contribution is 6.30. The minimum atomic E-state index is 0.157. The van der Waals surface area contributed by atoms with Crippen LogP contribution < -0.4 is 5.73 Å². The molecule has 0 spiro atoms. The third-order valence-electron chi connectivity index (χ3n) is 3.90. The first kappa shape index (κ1) is 14.5. The maximum atomic E-state index is 11.0. The van der Waals surface area contributed by atoms with Gasteiger partial charge in [-0.25, -0.2) is 0 Å². The van der Waals surface area contributed by atoms with Gasteiger partial charge in [-0.05, 0) is 49.5 Å². The molecule has 19 heavy (non-hydrogen) atoms. The van der Waals surface area contributed by atoms with E-state index in [-0.39, 0.29) is 6.04 Å². The van der Waals surface area contributed by atoms with Crippen molar-refractivity contribution in [3.63, 3.8) is 0 Å². The Morgan fingerprint density at radius 2 is 2.16 bits per heavy atom. The Balaban J connectivity index is 2.14. The highest BCUT2D eigenvalue weighted by Gasteiger charge is 2.26. The molecular formula is C15H21ClN2O. The number of hydrogen-bond acceptors (Lipinski definition) is 3. The molecule has 0 aliphatic carbocycles. The zero-order valence-corrected chi connectivity index (χ0v) is 11.9. The lowest BCUT2D eigenvalue weighted by Crippen LogP contribution is -2.40. The number of carbonyl (C=O) groups is 1. The second-order valence-corrected chi connectivity index (χ2v) is 5.65. The van der Waals surface area contributed by atoms with Crippen molar-refractivity contribution in [2.24, 2.45) is 11.7 Å². The second-order valence-electron chi connectivity index (χ2n) is 5.21. The molecule has 2 rings (SSSR count). The number of carbonyl (C=O) groups excluding carboxylic acids is 1. The Labute approximate surface area is 119 Å². The predicted molar refractivity (Wildman–Crippen MR) is 78.2 cm³/mol. The normalized spacial score (nSPS) is 22.1. The van der Waals surface area contributed by atoms with Crippen LogP contribution in [0.3, 0.4) is 0 Å². The average molecular weight is 281 g/mol. The number of rotatable bonds is 5. The van der Waals surface area contributed by atoms with Crippen molar-refractivity contribution in [3.05, 3.63) is 34.9 Å². The minimum absolute atomic E-state index is 0.157. The van der Waals surface area contributed by atoms with E-state index in [1.54, 1.807) is 0 Å². The van der Waals surface area contributed by atoms with E-state index in [1.165, 1.54) is 6.42 Å². The molecule has 0 aromatic heterocycles. The summed E-state index contributed by atoms with van der Waals surface area (Å²) in [6, 6.07) is 7.97. The zero-order valence-electron chi connectivity index (χ0n) is 11.1. The number of nitrogens with zero attached hydrogens (tertiary/aromatic N) is 1. The average Bonchev–Trinajstić information content (AvgIpc) is 2.46. The Morgan fingerprint density at radius 1 is 1.42 bits per heavy atom. The number of nitrogens with two attached hydrogens (primary N) is 1. The molecule has 0 amide bonds. The summed E-state index contributed by atoms with van der Waals surface area (Å²) in [5.41, 5.74) is 6.95. The van der Waals surface area contributed by atoms with Gasteiger partial charge < -0.3 is 10.5 Å². The first-order chi connectivity index (χ1) is 9.24. The molecule has 1 fully saturated rings. The zero-order chi connectivity index (χ0) is 13.7. The first-order valence-electron chi connectivity index (χ1n) is 6.87. The summed E-state index contributed by atoms with van der Waals surface area (Å²) in [5.74, 6) is 0.551. The molecule has 1 aromatic rings. The van der Waals surface area contributed by atoms with Crippen LogP contribution in [-0.2, 0) is 4.79 Å². The van der Waals surface area contributed by atoms with E-state index in [1.807, 2.05) is 24.3 Å². The maximum absolute atomic E-state index is 11.0. The highest BCUT2D eigenvalue weighted by Crippen LogP contribution is 2.29. The van der Waals surface area contributed by atoms with Crippen LogP contribution in [0.1, 0.15) is 30.9 Å². The van der Waals surface area contributed by atoms with Crippen molar-refractivity contribution >= 4 is 17.9 Å². The summed E-state index contributed by atoms with van der Waals surface area (Å²) in [4.78, 5) is 13.4. The van der Waals surface area contributed by atoms with Gasteiger partial charge in [-0.1, -0.05) is 23.7 Å². The van der Waals surface area contributed by atoms with Gasteiger partial charge in [0.2, 0.25) is 0 Å². The van der Waals surface area contributed by atoms with E-state index >= 15 is 0 Å². The van der Waals surface area contributed by atoms with E-state index in [0.29, 0.717) is 12.3 Å². The van der Waals surface area contributed by atoms with Crippen molar-refractivity contribution in [1.29, 1.82) is 0 Å². The molecule has 2 unspecified atom stereocenters. The molecular weight excluding hydrogens is 260 g/mol. The first-order valence-corrected chi connectivity index (χ1v) is 7.25. The van der Waals surface area contributed by atoms with E-state index in [0.717, 1.165) is 42.9 Å². The van der Waals surface area contributed by atoms with Crippen LogP contribution >= 0.6 is 11.6 Å². The van der Waals surface area contributed by atoms with Crippen molar-refractivity contribution in [3.8, 4) is 0 Å². The molecule has 1 aliphatic rings. The van der Waals surface area contributed by atoms with Crippen LogP contribution in [-0.4, -0.2) is 30.8 Å². The van der Waals surface area contributed by atoms with Gasteiger partial charge in [-0.3, -0.25) is 4.90 Å². The van der Waals surface area contributed by atoms with Gasteiger partial charge in [0.05, 0.1) is 0 Å². The quantitative estimate of drug-likeness (QED) is 0.844. The number of aldehydes is 1. The van der Waals surface area contributed by atoms with Crippen LogP contribution in [0.2, 0.25) is 5.02 Å². The van der Waals surface area contributed by atoms with Crippen molar-refractivity contribution < 1.29 is 4.79 Å². The van der Waals surface area contributed by atoms with Crippen molar-refractivity contribution in [2.75, 3.05) is 19.6 Å². The topological polar surface area (TPSA) is 46.3 Å². The third-order valence-corrected chi connectivity index (χ3v) is 4.15. The Hall–Kier alpha value is -0.900. The fraction of sp³-hybridized carbons (Fsp3) is 0.533. The third kappa shape index (κ3) is 3.78. The summed E-state index contributed by atoms with van der Waals surface area (Å²) in [7, 11) is 0.